The van der Waals surface area contributed by atoms with Crippen LogP contribution in [0.4, 0.5) is 24.9 Å². The van der Waals surface area contributed by atoms with Crippen molar-refractivity contribution < 1.29 is 13.2 Å². The maximum atomic E-state index is 12.9. The lowest BCUT2D eigenvalue weighted by atomic mass is 10.00. The first-order chi connectivity index (χ1) is 9.11. The second-order valence-corrected chi connectivity index (χ2v) is 5.19. The number of aromatic nitrogens is 2. The van der Waals surface area contributed by atoms with E-state index in [1.54, 1.807) is 18.9 Å². The molecule has 0 radical (unpaired) electrons. The van der Waals surface area contributed by atoms with Gasteiger partial charge in [0.25, 0.3) is 0 Å². The minimum absolute atomic E-state index is 0.00363. The maximum Gasteiger partial charge on any atom is 0.433 e. The third kappa shape index (κ3) is 3.74. The van der Waals surface area contributed by atoms with Gasteiger partial charge in [0.2, 0.25) is 5.95 Å². The van der Waals surface area contributed by atoms with E-state index in [-0.39, 0.29) is 17.3 Å². The standard InChI is InChI=1S/C13H21F3N4/c1-6-12(3,4)20(5)10-8-9(13(14,15)16)18-11(19-10)17-7-2/h8H,6-7H2,1-5H3,(H,17,18,19). The van der Waals surface area contributed by atoms with Crippen molar-refractivity contribution in [2.24, 2.45) is 0 Å². The number of hydrogen-bond donors (Lipinski definition) is 1. The molecule has 0 saturated carbocycles. The Morgan fingerprint density at radius 3 is 2.25 bits per heavy atom. The van der Waals surface area contributed by atoms with E-state index in [0.29, 0.717) is 6.54 Å². The van der Waals surface area contributed by atoms with Crippen LogP contribution in [-0.4, -0.2) is 29.1 Å². The molecule has 4 nitrogen and oxygen atoms in total. The second-order valence-electron chi connectivity index (χ2n) is 5.19. The summed E-state index contributed by atoms with van der Waals surface area (Å²) >= 11 is 0. The summed E-state index contributed by atoms with van der Waals surface area (Å²) in [5, 5.41) is 2.74. The molecule has 0 aliphatic rings. The highest BCUT2D eigenvalue weighted by atomic mass is 19.4. The van der Waals surface area contributed by atoms with Crippen molar-refractivity contribution in [2.45, 2.75) is 45.8 Å². The Morgan fingerprint density at radius 2 is 1.80 bits per heavy atom. The normalized spacial score (nSPS) is 12.4. The van der Waals surface area contributed by atoms with Gasteiger partial charge in [0.1, 0.15) is 5.82 Å². The van der Waals surface area contributed by atoms with Crippen molar-refractivity contribution in [1.29, 1.82) is 0 Å². The number of rotatable bonds is 5. The van der Waals surface area contributed by atoms with Crippen LogP contribution in [0.15, 0.2) is 6.07 Å². The van der Waals surface area contributed by atoms with E-state index in [4.69, 9.17) is 0 Å². The van der Waals surface area contributed by atoms with Gasteiger partial charge >= 0.3 is 6.18 Å². The molecule has 114 valence electrons. The zero-order valence-corrected chi connectivity index (χ0v) is 12.5. The van der Waals surface area contributed by atoms with Crippen LogP contribution in [0.3, 0.4) is 0 Å². The minimum atomic E-state index is -4.49. The summed E-state index contributed by atoms with van der Waals surface area (Å²) < 4.78 is 38.7. The molecule has 0 bridgehead atoms. The van der Waals surface area contributed by atoms with Crippen LogP contribution in [0.25, 0.3) is 0 Å². The van der Waals surface area contributed by atoms with E-state index < -0.39 is 11.9 Å². The molecule has 0 atom stereocenters. The molecule has 0 saturated heterocycles. The summed E-state index contributed by atoms with van der Waals surface area (Å²) in [6.45, 7) is 8.13. The smallest absolute Gasteiger partial charge is 0.354 e. The molecular weight excluding hydrogens is 269 g/mol. The van der Waals surface area contributed by atoms with E-state index in [1.807, 2.05) is 20.8 Å². The van der Waals surface area contributed by atoms with Crippen LogP contribution in [-0.2, 0) is 6.18 Å². The summed E-state index contributed by atoms with van der Waals surface area (Å²) in [7, 11) is 1.74. The van der Waals surface area contributed by atoms with Crippen molar-refractivity contribution in [3.05, 3.63) is 11.8 Å². The maximum absolute atomic E-state index is 12.9. The van der Waals surface area contributed by atoms with Crippen molar-refractivity contribution in [2.75, 3.05) is 23.8 Å². The van der Waals surface area contributed by atoms with E-state index in [1.165, 1.54) is 0 Å². The lowest BCUT2D eigenvalue weighted by molar-refractivity contribution is -0.141. The quantitative estimate of drug-likeness (QED) is 0.900. The number of nitrogens with one attached hydrogen (secondary N) is 1. The summed E-state index contributed by atoms with van der Waals surface area (Å²) in [6.07, 6.45) is -3.70. The second kappa shape index (κ2) is 5.85. The van der Waals surface area contributed by atoms with Crippen LogP contribution in [0.1, 0.15) is 39.8 Å². The summed E-state index contributed by atoms with van der Waals surface area (Å²) in [5.41, 5.74) is -1.22. The van der Waals surface area contributed by atoms with Crippen molar-refractivity contribution in [3.63, 3.8) is 0 Å². The van der Waals surface area contributed by atoms with Crippen molar-refractivity contribution in [1.82, 2.24) is 9.97 Å². The van der Waals surface area contributed by atoms with Crippen LogP contribution >= 0.6 is 0 Å². The lowest BCUT2D eigenvalue weighted by Crippen LogP contribution is -2.41. The third-order valence-electron chi connectivity index (χ3n) is 3.45. The molecule has 1 rings (SSSR count). The Kier molecular flexibility index (Phi) is 4.83. The van der Waals surface area contributed by atoms with Gasteiger partial charge in [-0.2, -0.15) is 18.2 Å². The predicted molar refractivity (Wildman–Crippen MR) is 74.0 cm³/mol. The molecule has 20 heavy (non-hydrogen) atoms. The molecule has 0 spiro atoms. The topological polar surface area (TPSA) is 41.1 Å². The van der Waals surface area contributed by atoms with E-state index in [9.17, 15) is 13.2 Å². The number of anilines is 2. The Labute approximate surface area is 117 Å². The third-order valence-corrected chi connectivity index (χ3v) is 3.45. The number of halogens is 3. The molecule has 0 unspecified atom stereocenters. The van der Waals surface area contributed by atoms with Crippen molar-refractivity contribution in [3.8, 4) is 0 Å². The van der Waals surface area contributed by atoms with Crippen LogP contribution in [0.5, 0.6) is 0 Å². The summed E-state index contributed by atoms with van der Waals surface area (Å²) in [6, 6.07) is 0.984. The highest BCUT2D eigenvalue weighted by Crippen LogP contribution is 2.32. The molecule has 1 aromatic rings. The van der Waals surface area contributed by atoms with Gasteiger partial charge in [-0.15, -0.1) is 0 Å². The zero-order chi connectivity index (χ0) is 15.6. The lowest BCUT2D eigenvalue weighted by Gasteiger charge is -2.36. The number of hydrogen-bond acceptors (Lipinski definition) is 4. The molecule has 7 heteroatoms. The molecule has 1 heterocycles. The van der Waals surface area contributed by atoms with Gasteiger partial charge in [-0.25, -0.2) is 4.98 Å². The molecule has 1 N–H and O–H groups in total. The molecule has 0 aliphatic heterocycles. The molecule has 0 fully saturated rings. The van der Waals surface area contributed by atoms with Gasteiger partial charge in [-0.3, -0.25) is 0 Å². The molecule has 0 amide bonds. The van der Waals surface area contributed by atoms with Crippen LogP contribution in [0.2, 0.25) is 0 Å². The van der Waals surface area contributed by atoms with Gasteiger partial charge in [0.05, 0.1) is 0 Å². The van der Waals surface area contributed by atoms with Crippen molar-refractivity contribution >= 4 is 11.8 Å². The average Bonchev–Trinajstić information content (AvgIpc) is 2.36. The molecule has 0 aromatic carbocycles. The number of nitrogens with zero attached hydrogens (tertiary/aromatic N) is 3. The highest BCUT2D eigenvalue weighted by molar-refractivity contribution is 5.47. The molecule has 1 aromatic heterocycles. The van der Waals surface area contributed by atoms with Crippen LogP contribution < -0.4 is 10.2 Å². The highest BCUT2D eigenvalue weighted by Gasteiger charge is 2.35. The average molecular weight is 290 g/mol. The molecular formula is C13H21F3N4. The zero-order valence-electron chi connectivity index (χ0n) is 12.5. The van der Waals surface area contributed by atoms with Crippen LogP contribution in [0, 0.1) is 0 Å². The van der Waals surface area contributed by atoms with Gasteiger partial charge in [-0.1, -0.05) is 6.92 Å². The van der Waals surface area contributed by atoms with E-state index in [0.717, 1.165) is 12.5 Å². The fourth-order valence-corrected chi connectivity index (χ4v) is 1.54. The first-order valence-electron chi connectivity index (χ1n) is 6.55. The van der Waals surface area contributed by atoms with Gasteiger partial charge in [0.15, 0.2) is 5.69 Å². The Morgan fingerprint density at radius 1 is 1.20 bits per heavy atom. The minimum Gasteiger partial charge on any atom is -0.354 e. The van der Waals surface area contributed by atoms with Gasteiger partial charge in [0, 0.05) is 25.2 Å². The first-order valence-corrected chi connectivity index (χ1v) is 6.55. The summed E-state index contributed by atoms with van der Waals surface area (Å²) in [5.74, 6) is 0.256. The Bertz CT molecular complexity index is 457. The Balaban J connectivity index is 3.28. The van der Waals surface area contributed by atoms with E-state index >= 15 is 0 Å². The fraction of sp³-hybridized carbons (Fsp3) is 0.692. The first kappa shape index (κ1) is 16.5. The van der Waals surface area contributed by atoms with Gasteiger partial charge < -0.3 is 10.2 Å². The number of alkyl halides is 3. The van der Waals surface area contributed by atoms with Gasteiger partial charge in [-0.05, 0) is 27.2 Å². The van der Waals surface area contributed by atoms with E-state index in [2.05, 4.69) is 15.3 Å². The fourth-order valence-electron chi connectivity index (χ4n) is 1.54. The SMILES string of the molecule is CCNc1nc(N(C)C(C)(C)CC)cc(C(F)(F)F)n1. The predicted octanol–water partition coefficient (Wildman–Crippen LogP) is 3.55. The largest absolute Gasteiger partial charge is 0.433 e. The summed E-state index contributed by atoms with van der Waals surface area (Å²) in [4.78, 5) is 9.41. The molecule has 0 aliphatic carbocycles. The Hall–Kier alpha value is -1.53. The monoisotopic (exact) mass is 290 g/mol.